The lowest BCUT2D eigenvalue weighted by Gasteiger charge is -2.04. The summed E-state index contributed by atoms with van der Waals surface area (Å²) >= 11 is 0. The molecule has 0 aliphatic rings. The molecule has 0 aromatic heterocycles. The van der Waals surface area contributed by atoms with Crippen LogP contribution in [0, 0.1) is 0 Å². The molecule has 3 aromatic rings. The zero-order valence-corrected chi connectivity index (χ0v) is 13.4. The fraction of sp³-hybridized carbons (Fsp3) is 0.227. The topological polar surface area (TPSA) is 17.1 Å². The average Bonchev–Trinajstić information content (AvgIpc) is 2.59. The lowest BCUT2D eigenvalue weighted by molar-refractivity contribution is -0.118. The molecule has 0 bridgehead atoms. The minimum atomic E-state index is 0.341. The van der Waals surface area contributed by atoms with Gasteiger partial charge >= 0.3 is 0 Å². The van der Waals surface area contributed by atoms with Gasteiger partial charge in [-0.15, -0.1) is 0 Å². The molecule has 0 atom stereocenters. The molecule has 0 saturated heterocycles. The average molecular weight is 302 g/mol. The Morgan fingerprint density at radius 1 is 0.696 bits per heavy atom. The molecule has 3 rings (SSSR count). The monoisotopic (exact) mass is 302 g/mol. The van der Waals surface area contributed by atoms with Crippen LogP contribution in [0.25, 0.3) is 10.8 Å². The fourth-order valence-electron chi connectivity index (χ4n) is 2.96. The standard InChI is InChI=1S/C22H22O/c23-22(13-7-4-10-18-8-2-1-3-9-18)17-19-14-15-20-11-5-6-12-21(20)16-19/h1-3,5-6,8-9,11-12,14-16H,4,7,10,13,17H2. The minimum absolute atomic E-state index is 0.341. The highest BCUT2D eigenvalue weighted by molar-refractivity contribution is 5.86. The summed E-state index contributed by atoms with van der Waals surface area (Å²) in [6.07, 6.45) is 4.34. The molecule has 0 saturated carbocycles. The first-order valence-corrected chi connectivity index (χ1v) is 8.34. The molecule has 0 aliphatic carbocycles. The maximum atomic E-state index is 12.2. The summed E-state index contributed by atoms with van der Waals surface area (Å²) in [5.74, 6) is 0.341. The number of fused-ring (bicyclic) bond motifs is 1. The van der Waals surface area contributed by atoms with Gasteiger partial charge in [0.2, 0.25) is 0 Å². The predicted molar refractivity (Wildman–Crippen MR) is 96.7 cm³/mol. The van der Waals surface area contributed by atoms with Gasteiger partial charge in [0.15, 0.2) is 0 Å². The van der Waals surface area contributed by atoms with E-state index in [0.717, 1.165) is 24.8 Å². The zero-order chi connectivity index (χ0) is 15.9. The van der Waals surface area contributed by atoms with Crippen LogP contribution in [-0.2, 0) is 17.6 Å². The van der Waals surface area contributed by atoms with Crippen LogP contribution in [0.5, 0.6) is 0 Å². The Kier molecular flexibility index (Phi) is 5.21. The molecule has 0 amide bonds. The predicted octanol–water partition coefficient (Wildman–Crippen LogP) is 5.36. The van der Waals surface area contributed by atoms with E-state index in [9.17, 15) is 4.79 Å². The molecule has 3 aromatic carbocycles. The molecule has 0 fully saturated rings. The number of carbonyl (C=O) groups is 1. The van der Waals surface area contributed by atoms with E-state index in [1.54, 1.807) is 0 Å². The normalized spacial score (nSPS) is 10.8. The molecule has 0 aliphatic heterocycles. The van der Waals surface area contributed by atoms with Crippen LogP contribution >= 0.6 is 0 Å². The van der Waals surface area contributed by atoms with Crippen molar-refractivity contribution >= 4 is 16.6 Å². The van der Waals surface area contributed by atoms with Gasteiger partial charge in [0.25, 0.3) is 0 Å². The second-order valence-electron chi connectivity index (χ2n) is 6.09. The Hall–Kier alpha value is -2.41. The van der Waals surface area contributed by atoms with Gasteiger partial charge in [-0.1, -0.05) is 72.8 Å². The van der Waals surface area contributed by atoms with Crippen molar-refractivity contribution in [1.82, 2.24) is 0 Å². The lowest BCUT2D eigenvalue weighted by atomic mass is 10.0. The molecule has 0 N–H and O–H groups in total. The summed E-state index contributed by atoms with van der Waals surface area (Å²) in [6, 6.07) is 25.1. The quantitative estimate of drug-likeness (QED) is 0.537. The molecule has 0 heterocycles. The van der Waals surface area contributed by atoms with Gasteiger partial charge in [-0.05, 0) is 41.2 Å². The highest BCUT2D eigenvalue weighted by atomic mass is 16.1. The van der Waals surface area contributed by atoms with Crippen molar-refractivity contribution in [3.8, 4) is 0 Å². The summed E-state index contributed by atoms with van der Waals surface area (Å²) in [7, 11) is 0. The van der Waals surface area contributed by atoms with Crippen LogP contribution in [0.4, 0.5) is 0 Å². The van der Waals surface area contributed by atoms with Gasteiger partial charge in [0.1, 0.15) is 5.78 Å². The van der Waals surface area contributed by atoms with E-state index >= 15 is 0 Å². The first kappa shape index (κ1) is 15.5. The first-order valence-electron chi connectivity index (χ1n) is 8.34. The Morgan fingerprint density at radius 2 is 1.43 bits per heavy atom. The first-order chi connectivity index (χ1) is 11.3. The van der Waals surface area contributed by atoms with Crippen molar-refractivity contribution in [3.05, 3.63) is 83.9 Å². The second kappa shape index (κ2) is 7.73. The van der Waals surface area contributed by atoms with Gasteiger partial charge < -0.3 is 0 Å². The number of aryl methyl sites for hydroxylation is 1. The third-order valence-electron chi connectivity index (χ3n) is 4.23. The SMILES string of the molecule is O=C(CCCCc1ccccc1)Cc1ccc2ccccc2c1. The van der Waals surface area contributed by atoms with Crippen molar-refractivity contribution in [2.75, 3.05) is 0 Å². The highest BCUT2D eigenvalue weighted by Crippen LogP contribution is 2.17. The van der Waals surface area contributed by atoms with Crippen LogP contribution < -0.4 is 0 Å². The van der Waals surface area contributed by atoms with E-state index in [1.807, 2.05) is 18.2 Å². The molecule has 116 valence electrons. The molecule has 1 nitrogen and oxygen atoms in total. The van der Waals surface area contributed by atoms with E-state index in [0.29, 0.717) is 18.6 Å². The lowest BCUT2D eigenvalue weighted by Crippen LogP contribution is -2.02. The van der Waals surface area contributed by atoms with Crippen molar-refractivity contribution in [2.45, 2.75) is 32.1 Å². The molecule has 0 spiro atoms. The fourth-order valence-corrected chi connectivity index (χ4v) is 2.96. The number of carbonyl (C=O) groups excluding carboxylic acids is 1. The van der Waals surface area contributed by atoms with Gasteiger partial charge in [0.05, 0.1) is 0 Å². The van der Waals surface area contributed by atoms with Crippen LogP contribution in [0.1, 0.15) is 30.4 Å². The summed E-state index contributed by atoms with van der Waals surface area (Å²) in [4.78, 5) is 12.2. The number of rotatable bonds is 7. The largest absolute Gasteiger partial charge is 0.299 e. The number of benzene rings is 3. The molecule has 23 heavy (non-hydrogen) atoms. The third-order valence-corrected chi connectivity index (χ3v) is 4.23. The van der Waals surface area contributed by atoms with E-state index in [2.05, 4.69) is 54.6 Å². The van der Waals surface area contributed by atoms with Crippen molar-refractivity contribution < 1.29 is 4.79 Å². The van der Waals surface area contributed by atoms with Gasteiger partial charge in [0, 0.05) is 12.8 Å². The van der Waals surface area contributed by atoms with Crippen LogP contribution in [0.3, 0.4) is 0 Å². The number of hydrogen-bond acceptors (Lipinski definition) is 1. The Labute approximate surface area is 138 Å². The molecular weight excluding hydrogens is 280 g/mol. The van der Waals surface area contributed by atoms with E-state index in [1.165, 1.54) is 16.3 Å². The Bertz CT molecular complexity index is 774. The van der Waals surface area contributed by atoms with E-state index in [4.69, 9.17) is 0 Å². The number of unbranched alkanes of at least 4 members (excludes halogenated alkanes) is 1. The smallest absolute Gasteiger partial charge is 0.137 e. The van der Waals surface area contributed by atoms with Crippen LogP contribution in [-0.4, -0.2) is 5.78 Å². The molecule has 0 unspecified atom stereocenters. The van der Waals surface area contributed by atoms with Crippen molar-refractivity contribution in [1.29, 1.82) is 0 Å². The maximum Gasteiger partial charge on any atom is 0.137 e. The van der Waals surface area contributed by atoms with E-state index < -0.39 is 0 Å². The van der Waals surface area contributed by atoms with Crippen LogP contribution in [0.15, 0.2) is 72.8 Å². The van der Waals surface area contributed by atoms with Crippen LogP contribution in [0.2, 0.25) is 0 Å². The Morgan fingerprint density at radius 3 is 2.26 bits per heavy atom. The van der Waals surface area contributed by atoms with E-state index in [-0.39, 0.29) is 0 Å². The summed E-state index contributed by atoms with van der Waals surface area (Å²) in [6.45, 7) is 0. The summed E-state index contributed by atoms with van der Waals surface area (Å²) in [5.41, 5.74) is 2.48. The van der Waals surface area contributed by atoms with Crippen molar-refractivity contribution in [2.24, 2.45) is 0 Å². The van der Waals surface area contributed by atoms with Gasteiger partial charge in [-0.3, -0.25) is 4.79 Å². The molecule has 1 heteroatoms. The number of Topliss-reactive ketones (excluding diaryl/α,β-unsaturated/α-hetero) is 1. The minimum Gasteiger partial charge on any atom is -0.299 e. The van der Waals surface area contributed by atoms with Gasteiger partial charge in [-0.2, -0.15) is 0 Å². The Balaban J connectivity index is 1.46. The highest BCUT2D eigenvalue weighted by Gasteiger charge is 2.05. The zero-order valence-electron chi connectivity index (χ0n) is 13.4. The number of hydrogen-bond donors (Lipinski definition) is 0. The maximum absolute atomic E-state index is 12.2. The molecule has 0 radical (unpaired) electrons. The van der Waals surface area contributed by atoms with Crippen molar-refractivity contribution in [3.63, 3.8) is 0 Å². The molecular formula is C22H22O. The third kappa shape index (κ3) is 4.53. The summed E-state index contributed by atoms with van der Waals surface area (Å²) < 4.78 is 0. The summed E-state index contributed by atoms with van der Waals surface area (Å²) in [5, 5.41) is 2.44. The second-order valence-corrected chi connectivity index (χ2v) is 6.09. The number of ketones is 1. The van der Waals surface area contributed by atoms with Gasteiger partial charge in [-0.25, -0.2) is 0 Å².